The number of hydrogen-bond donors (Lipinski definition) is 1. The molecule has 0 bridgehead atoms. The maximum absolute atomic E-state index is 14.5. The number of hydrogen-bond acceptors (Lipinski definition) is 7. The minimum absolute atomic E-state index is 0.0894. The summed E-state index contributed by atoms with van der Waals surface area (Å²) in [5.41, 5.74) is 2.05. The number of likely N-dealkylation sites (tertiary alicyclic amines) is 1. The molecular formula is C28H33FN4O5. The topological polar surface area (TPSA) is 101 Å². The molecule has 3 fully saturated rings. The Labute approximate surface area is 221 Å². The normalized spacial score (nSPS) is 24.0. The summed E-state index contributed by atoms with van der Waals surface area (Å²) < 4.78 is 25.1. The molecule has 3 saturated heterocycles. The minimum Gasteiger partial charge on any atom is -0.378 e. The van der Waals surface area contributed by atoms with Gasteiger partial charge in [-0.1, -0.05) is 32.0 Å². The van der Waals surface area contributed by atoms with Gasteiger partial charge in [0.1, 0.15) is 36.8 Å². The van der Waals surface area contributed by atoms with Crippen molar-refractivity contribution < 1.29 is 28.2 Å². The molecule has 0 spiro atoms. The molecule has 3 aliphatic heterocycles. The van der Waals surface area contributed by atoms with E-state index < -0.39 is 36.2 Å². The Balaban J connectivity index is 1.29. The van der Waals surface area contributed by atoms with E-state index in [0.717, 1.165) is 30.2 Å². The van der Waals surface area contributed by atoms with Crippen LogP contribution in [0.5, 0.6) is 0 Å². The van der Waals surface area contributed by atoms with Gasteiger partial charge in [0, 0.05) is 24.2 Å². The van der Waals surface area contributed by atoms with Gasteiger partial charge in [-0.05, 0) is 36.6 Å². The lowest BCUT2D eigenvalue weighted by Gasteiger charge is -2.28. The van der Waals surface area contributed by atoms with Crippen molar-refractivity contribution in [3.8, 4) is 11.3 Å². The first-order valence-electron chi connectivity index (χ1n) is 13.1. The second-order valence-electron chi connectivity index (χ2n) is 10.4. The third kappa shape index (κ3) is 5.42. The monoisotopic (exact) mass is 524 g/mol. The number of carbonyl (C=O) groups is 3. The Morgan fingerprint density at radius 1 is 1.13 bits per heavy atom. The predicted octanol–water partition coefficient (Wildman–Crippen LogP) is 2.25. The number of pyridine rings is 1. The number of fused-ring (bicyclic) bond motifs is 1. The van der Waals surface area contributed by atoms with Crippen molar-refractivity contribution in [2.45, 2.75) is 44.6 Å². The van der Waals surface area contributed by atoms with Crippen molar-refractivity contribution in [3.05, 3.63) is 48.0 Å². The van der Waals surface area contributed by atoms with Crippen LogP contribution in [0.1, 0.15) is 30.6 Å². The summed E-state index contributed by atoms with van der Waals surface area (Å²) in [5, 5.41) is 2.82. The Morgan fingerprint density at radius 2 is 1.87 bits per heavy atom. The van der Waals surface area contributed by atoms with E-state index in [9.17, 15) is 18.8 Å². The molecule has 0 aliphatic carbocycles. The number of halogens is 1. The number of benzene rings is 1. The molecule has 10 heteroatoms. The number of carbonyl (C=O) groups excluding carboxylic acids is 3. The molecule has 1 N–H and O–H groups in total. The Bertz CT molecular complexity index is 1180. The largest absolute Gasteiger partial charge is 0.378 e. The van der Waals surface area contributed by atoms with E-state index in [2.05, 4.69) is 10.2 Å². The molecule has 1 aromatic heterocycles. The van der Waals surface area contributed by atoms with Crippen LogP contribution in [-0.2, 0) is 19.1 Å². The number of nitrogens with one attached hydrogen (secondary N) is 1. The first-order valence-corrected chi connectivity index (χ1v) is 13.1. The van der Waals surface area contributed by atoms with Crippen LogP contribution in [0.3, 0.4) is 0 Å². The first kappa shape index (κ1) is 26.2. The fraction of sp³-hybridized carbons (Fsp3) is 0.500. The van der Waals surface area contributed by atoms with Crippen molar-refractivity contribution >= 4 is 23.4 Å². The van der Waals surface area contributed by atoms with Crippen molar-refractivity contribution in [2.75, 3.05) is 44.4 Å². The summed E-state index contributed by atoms with van der Waals surface area (Å²) in [6.07, 6.45) is -1.99. The zero-order valence-electron chi connectivity index (χ0n) is 21.6. The lowest BCUT2D eigenvalue weighted by molar-refractivity contribution is -0.138. The summed E-state index contributed by atoms with van der Waals surface area (Å²) in [7, 11) is 0. The summed E-state index contributed by atoms with van der Waals surface area (Å²) in [6.45, 7) is 6.39. The molecule has 4 heterocycles. The fourth-order valence-electron chi connectivity index (χ4n) is 5.30. The third-order valence-corrected chi connectivity index (χ3v) is 7.23. The zero-order valence-corrected chi connectivity index (χ0v) is 21.6. The predicted molar refractivity (Wildman–Crippen MR) is 139 cm³/mol. The van der Waals surface area contributed by atoms with Crippen LogP contribution in [0.15, 0.2) is 42.5 Å². The molecule has 2 amide bonds. The highest BCUT2D eigenvalue weighted by molar-refractivity contribution is 5.99. The van der Waals surface area contributed by atoms with Gasteiger partial charge in [0.05, 0.1) is 25.5 Å². The number of alkyl halides is 1. The van der Waals surface area contributed by atoms with Gasteiger partial charge in [0.15, 0.2) is 5.78 Å². The number of morpholine rings is 1. The van der Waals surface area contributed by atoms with E-state index >= 15 is 0 Å². The Hall–Kier alpha value is -3.37. The van der Waals surface area contributed by atoms with Crippen LogP contribution in [0, 0.1) is 5.92 Å². The Morgan fingerprint density at radius 3 is 2.58 bits per heavy atom. The molecule has 202 valence electrons. The second kappa shape index (κ2) is 11.2. The number of Topliss-reactive ketones (excluding diaryl/α,β-unsaturated/α-hetero) is 1. The smallest absolute Gasteiger partial charge is 0.251 e. The lowest BCUT2D eigenvalue weighted by Crippen LogP contribution is -2.52. The van der Waals surface area contributed by atoms with Crippen LogP contribution in [0.4, 0.5) is 10.2 Å². The van der Waals surface area contributed by atoms with E-state index in [0.29, 0.717) is 25.2 Å². The Kier molecular flexibility index (Phi) is 7.71. The lowest BCUT2D eigenvalue weighted by atomic mass is 10.0. The van der Waals surface area contributed by atoms with Crippen molar-refractivity contribution in [1.29, 1.82) is 0 Å². The van der Waals surface area contributed by atoms with Gasteiger partial charge in [-0.15, -0.1) is 0 Å². The van der Waals surface area contributed by atoms with Gasteiger partial charge in [-0.3, -0.25) is 14.4 Å². The van der Waals surface area contributed by atoms with E-state index in [-0.39, 0.29) is 24.9 Å². The van der Waals surface area contributed by atoms with E-state index in [1.54, 1.807) is 12.1 Å². The highest BCUT2D eigenvalue weighted by Crippen LogP contribution is 2.30. The molecule has 0 saturated carbocycles. The molecule has 5 rings (SSSR count). The minimum atomic E-state index is -1.42. The van der Waals surface area contributed by atoms with E-state index in [1.165, 1.54) is 4.90 Å². The summed E-state index contributed by atoms with van der Waals surface area (Å²) in [5.74, 6) is -0.200. The fourth-order valence-corrected chi connectivity index (χ4v) is 5.30. The number of ether oxygens (including phenoxy) is 2. The molecule has 38 heavy (non-hydrogen) atoms. The number of aromatic nitrogens is 1. The van der Waals surface area contributed by atoms with Gasteiger partial charge in [0.2, 0.25) is 5.91 Å². The van der Waals surface area contributed by atoms with E-state index in [4.69, 9.17) is 14.5 Å². The molecular weight excluding hydrogens is 491 g/mol. The van der Waals surface area contributed by atoms with Gasteiger partial charge in [-0.25, -0.2) is 9.37 Å². The molecule has 3 aliphatic rings. The molecule has 0 radical (unpaired) electrons. The maximum Gasteiger partial charge on any atom is 0.251 e. The maximum atomic E-state index is 14.5. The molecule has 4 atom stereocenters. The van der Waals surface area contributed by atoms with Crippen molar-refractivity contribution in [3.63, 3.8) is 0 Å². The van der Waals surface area contributed by atoms with Crippen LogP contribution >= 0.6 is 0 Å². The molecule has 1 aromatic carbocycles. The highest BCUT2D eigenvalue weighted by atomic mass is 19.1. The zero-order chi connectivity index (χ0) is 26.8. The number of anilines is 1. The highest BCUT2D eigenvalue weighted by Gasteiger charge is 2.53. The van der Waals surface area contributed by atoms with Gasteiger partial charge < -0.3 is 24.6 Å². The summed E-state index contributed by atoms with van der Waals surface area (Å²) in [6, 6.07) is 11.1. The number of amides is 2. The number of rotatable bonds is 7. The molecule has 1 unspecified atom stereocenters. The van der Waals surface area contributed by atoms with Crippen molar-refractivity contribution in [1.82, 2.24) is 15.2 Å². The van der Waals surface area contributed by atoms with Crippen molar-refractivity contribution in [2.24, 2.45) is 5.92 Å². The average molecular weight is 525 g/mol. The molecule has 9 nitrogen and oxygen atoms in total. The van der Waals surface area contributed by atoms with Gasteiger partial charge in [-0.2, -0.15) is 0 Å². The second-order valence-corrected chi connectivity index (χ2v) is 10.4. The third-order valence-electron chi connectivity index (χ3n) is 7.23. The van der Waals surface area contributed by atoms with E-state index in [1.807, 2.05) is 44.2 Å². The summed E-state index contributed by atoms with van der Waals surface area (Å²) in [4.78, 5) is 47.0. The molecule has 2 aromatic rings. The number of ketones is 1. The van der Waals surface area contributed by atoms with Gasteiger partial charge >= 0.3 is 0 Å². The van der Waals surface area contributed by atoms with Crippen LogP contribution in [0.2, 0.25) is 0 Å². The average Bonchev–Trinajstić information content (AvgIpc) is 3.48. The van der Waals surface area contributed by atoms with Crippen LogP contribution in [-0.4, -0.2) is 91.3 Å². The standard InChI is InChI=1S/C28H33FN4O5/c1-17(2)14-22(28(36)33-15-20(29)26-25(33)23(34)16-38-26)31-27(35)19-8-6-18(7-9-19)21-4-3-5-24(30-21)32-10-12-37-13-11-32/h3-9,17,20,22,25-26H,10-16H2,1-2H3,(H,31,35)/t20-,22-,25?,26+/m0/s1. The SMILES string of the molecule is CC(C)C[C@H](NC(=O)c1ccc(-c2cccc(N3CCOCC3)n2)cc1)C(=O)N1C[C@H](F)[C@H]2OCC(=O)C21. The number of nitrogens with zero attached hydrogens (tertiary/aromatic N) is 3. The quantitative estimate of drug-likeness (QED) is 0.593. The van der Waals surface area contributed by atoms with Crippen LogP contribution in [0.25, 0.3) is 11.3 Å². The first-order chi connectivity index (χ1) is 18.3. The summed E-state index contributed by atoms with van der Waals surface area (Å²) >= 11 is 0. The van der Waals surface area contributed by atoms with Gasteiger partial charge in [0.25, 0.3) is 5.91 Å². The van der Waals surface area contributed by atoms with Crippen LogP contribution < -0.4 is 10.2 Å².